The summed E-state index contributed by atoms with van der Waals surface area (Å²) in [5.74, 6) is 1.17. The van der Waals surface area contributed by atoms with Crippen molar-refractivity contribution in [3.63, 3.8) is 0 Å². The SMILES string of the molecule is CC1CC(N)CC(C(=O)N2CCCN3CCCC3C2)C1. The minimum absolute atomic E-state index is 0.182. The summed E-state index contributed by atoms with van der Waals surface area (Å²) in [6.45, 7) is 6.55. The van der Waals surface area contributed by atoms with E-state index in [1.54, 1.807) is 0 Å². The lowest BCUT2D eigenvalue weighted by Gasteiger charge is -2.34. The molecule has 3 aliphatic rings. The van der Waals surface area contributed by atoms with Gasteiger partial charge in [-0.3, -0.25) is 9.69 Å². The van der Waals surface area contributed by atoms with E-state index in [1.807, 2.05) is 0 Å². The van der Waals surface area contributed by atoms with Crippen molar-refractivity contribution in [3.8, 4) is 0 Å². The Kier molecular flexibility index (Phi) is 4.32. The molecule has 2 heterocycles. The van der Waals surface area contributed by atoms with Gasteiger partial charge in [0.2, 0.25) is 5.91 Å². The van der Waals surface area contributed by atoms with E-state index in [4.69, 9.17) is 5.73 Å². The molecule has 0 aromatic rings. The molecule has 2 saturated heterocycles. The Morgan fingerprint density at radius 3 is 2.70 bits per heavy atom. The van der Waals surface area contributed by atoms with Crippen LogP contribution in [0.1, 0.15) is 45.4 Å². The molecular weight excluding hydrogens is 250 g/mol. The number of nitrogens with zero attached hydrogens (tertiary/aromatic N) is 2. The van der Waals surface area contributed by atoms with Crippen LogP contribution in [-0.4, -0.2) is 54.0 Å². The lowest BCUT2D eigenvalue weighted by molar-refractivity contribution is -0.137. The van der Waals surface area contributed by atoms with Crippen molar-refractivity contribution in [1.29, 1.82) is 0 Å². The molecule has 0 spiro atoms. The van der Waals surface area contributed by atoms with Gasteiger partial charge in [0.1, 0.15) is 0 Å². The van der Waals surface area contributed by atoms with E-state index >= 15 is 0 Å². The van der Waals surface area contributed by atoms with E-state index in [0.717, 1.165) is 38.8 Å². The van der Waals surface area contributed by atoms with Gasteiger partial charge < -0.3 is 10.6 Å². The Labute approximate surface area is 122 Å². The molecule has 4 unspecified atom stereocenters. The van der Waals surface area contributed by atoms with Gasteiger partial charge in [0, 0.05) is 37.6 Å². The predicted molar refractivity (Wildman–Crippen MR) is 80.3 cm³/mol. The van der Waals surface area contributed by atoms with Gasteiger partial charge in [-0.25, -0.2) is 0 Å². The predicted octanol–water partition coefficient (Wildman–Crippen LogP) is 1.45. The molecule has 2 aliphatic heterocycles. The van der Waals surface area contributed by atoms with E-state index < -0.39 is 0 Å². The monoisotopic (exact) mass is 279 g/mol. The van der Waals surface area contributed by atoms with E-state index in [9.17, 15) is 4.79 Å². The van der Waals surface area contributed by atoms with Gasteiger partial charge in [0.05, 0.1) is 0 Å². The quantitative estimate of drug-likeness (QED) is 0.790. The highest BCUT2D eigenvalue weighted by atomic mass is 16.2. The summed E-state index contributed by atoms with van der Waals surface area (Å²) in [6.07, 6.45) is 6.73. The van der Waals surface area contributed by atoms with Gasteiger partial charge >= 0.3 is 0 Å². The molecule has 0 aromatic heterocycles. The topological polar surface area (TPSA) is 49.6 Å². The minimum Gasteiger partial charge on any atom is -0.341 e. The Morgan fingerprint density at radius 2 is 1.90 bits per heavy atom. The Hall–Kier alpha value is -0.610. The first-order valence-electron chi connectivity index (χ1n) is 8.42. The number of carbonyl (C=O) groups excluding carboxylic acids is 1. The first kappa shape index (κ1) is 14.3. The average molecular weight is 279 g/mol. The Morgan fingerprint density at radius 1 is 1.10 bits per heavy atom. The van der Waals surface area contributed by atoms with Crippen molar-refractivity contribution in [2.45, 2.75) is 57.5 Å². The fourth-order valence-electron chi connectivity index (χ4n) is 4.52. The average Bonchev–Trinajstić information content (AvgIpc) is 2.74. The lowest BCUT2D eigenvalue weighted by Crippen LogP contribution is -2.45. The van der Waals surface area contributed by atoms with Gasteiger partial charge in [-0.05, 0) is 51.0 Å². The lowest BCUT2D eigenvalue weighted by atomic mass is 9.79. The molecule has 0 bridgehead atoms. The van der Waals surface area contributed by atoms with Crippen LogP contribution in [-0.2, 0) is 4.79 Å². The third-order valence-electron chi connectivity index (χ3n) is 5.44. The molecule has 0 radical (unpaired) electrons. The molecule has 0 aromatic carbocycles. The van der Waals surface area contributed by atoms with Crippen molar-refractivity contribution in [2.24, 2.45) is 17.6 Å². The van der Waals surface area contributed by atoms with Crippen LogP contribution in [0.5, 0.6) is 0 Å². The second kappa shape index (κ2) is 6.02. The number of amides is 1. The van der Waals surface area contributed by atoms with Crippen LogP contribution >= 0.6 is 0 Å². The largest absolute Gasteiger partial charge is 0.341 e. The maximum atomic E-state index is 12.8. The molecule has 2 N–H and O–H groups in total. The van der Waals surface area contributed by atoms with Gasteiger partial charge in [0.25, 0.3) is 0 Å². The number of nitrogens with two attached hydrogens (primary N) is 1. The van der Waals surface area contributed by atoms with Crippen molar-refractivity contribution in [1.82, 2.24) is 9.80 Å². The highest BCUT2D eigenvalue weighted by Gasteiger charge is 2.35. The zero-order chi connectivity index (χ0) is 14.1. The van der Waals surface area contributed by atoms with Crippen molar-refractivity contribution in [3.05, 3.63) is 0 Å². The van der Waals surface area contributed by atoms with Crippen LogP contribution in [0.15, 0.2) is 0 Å². The van der Waals surface area contributed by atoms with Crippen LogP contribution in [0, 0.1) is 11.8 Å². The molecule has 1 amide bonds. The molecule has 114 valence electrons. The van der Waals surface area contributed by atoms with Gasteiger partial charge in [0.15, 0.2) is 0 Å². The molecule has 1 saturated carbocycles. The summed E-state index contributed by atoms with van der Waals surface area (Å²) in [5, 5.41) is 0. The highest BCUT2D eigenvalue weighted by Crippen LogP contribution is 2.30. The molecule has 4 heteroatoms. The molecule has 1 aliphatic carbocycles. The molecular formula is C16H29N3O. The van der Waals surface area contributed by atoms with Gasteiger partial charge in [-0.1, -0.05) is 6.92 Å². The van der Waals surface area contributed by atoms with Crippen molar-refractivity contribution in [2.75, 3.05) is 26.2 Å². The zero-order valence-electron chi connectivity index (χ0n) is 12.8. The van der Waals surface area contributed by atoms with Crippen molar-refractivity contribution >= 4 is 5.91 Å². The second-order valence-corrected chi connectivity index (χ2v) is 7.24. The fraction of sp³-hybridized carbons (Fsp3) is 0.938. The summed E-state index contributed by atoms with van der Waals surface area (Å²) in [7, 11) is 0. The summed E-state index contributed by atoms with van der Waals surface area (Å²) >= 11 is 0. The first-order valence-corrected chi connectivity index (χ1v) is 8.42. The van der Waals surface area contributed by atoms with Crippen molar-refractivity contribution < 1.29 is 4.79 Å². The van der Waals surface area contributed by atoms with Crippen LogP contribution in [0.25, 0.3) is 0 Å². The maximum Gasteiger partial charge on any atom is 0.225 e. The normalized spacial score (nSPS) is 39.4. The number of rotatable bonds is 1. The van der Waals surface area contributed by atoms with Gasteiger partial charge in [-0.2, -0.15) is 0 Å². The number of carbonyl (C=O) groups is 1. The smallest absolute Gasteiger partial charge is 0.225 e. The van der Waals surface area contributed by atoms with E-state index in [2.05, 4.69) is 16.7 Å². The summed E-state index contributed by atoms with van der Waals surface area (Å²) < 4.78 is 0. The van der Waals surface area contributed by atoms with Crippen LogP contribution < -0.4 is 5.73 Å². The van der Waals surface area contributed by atoms with E-state index in [1.165, 1.54) is 25.9 Å². The summed E-state index contributed by atoms with van der Waals surface area (Å²) in [6, 6.07) is 0.846. The van der Waals surface area contributed by atoms with Crippen LogP contribution in [0.2, 0.25) is 0 Å². The fourth-order valence-corrected chi connectivity index (χ4v) is 4.52. The maximum absolute atomic E-state index is 12.8. The number of hydrogen-bond donors (Lipinski definition) is 1. The Balaban J connectivity index is 1.63. The zero-order valence-corrected chi connectivity index (χ0v) is 12.8. The second-order valence-electron chi connectivity index (χ2n) is 7.24. The van der Waals surface area contributed by atoms with E-state index in [0.29, 0.717) is 17.9 Å². The minimum atomic E-state index is 0.182. The highest BCUT2D eigenvalue weighted by molar-refractivity contribution is 5.79. The molecule has 20 heavy (non-hydrogen) atoms. The molecule has 4 atom stereocenters. The third kappa shape index (κ3) is 3.01. The van der Waals surface area contributed by atoms with Gasteiger partial charge in [-0.15, -0.1) is 0 Å². The third-order valence-corrected chi connectivity index (χ3v) is 5.44. The van der Waals surface area contributed by atoms with Crippen LogP contribution in [0.4, 0.5) is 0 Å². The summed E-state index contributed by atoms with van der Waals surface area (Å²) in [5.41, 5.74) is 6.12. The molecule has 3 fully saturated rings. The van der Waals surface area contributed by atoms with Crippen LogP contribution in [0.3, 0.4) is 0 Å². The standard InChI is InChI=1S/C16H29N3O/c1-12-8-13(10-14(17)9-12)16(20)19-7-3-6-18-5-2-4-15(18)11-19/h12-15H,2-11,17H2,1H3. The molecule has 3 rings (SSSR count). The molecule has 4 nitrogen and oxygen atoms in total. The summed E-state index contributed by atoms with van der Waals surface area (Å²) in [4.78, 5) is 17.6. The number of hydrogen-bond acceptors (Lipinski definition) is 3. The Bertz CT molecular complexity index is 350. The van der Waals surface area contributed by atoms with E-state index in [-0.39, 0.29) is 12.0 Å². The first-order chi connectivity index (χ1) is 9.63. The number of fused-ring (bicyclic) bond motifs is 1.